The number of H-pyrrole nitrogens is 1. The van der Waals surface area contributed by atoms with Crippen LogP contribution in [0, 0.1) is 5.92 Å². The average molecular weight is 380 g/mol. The number of ether oxygens (including phenoxy) is 1. The zero-order chi connectivity index (χ0) is 19.5. The van der Waals surface area contributed by atoms with Crippen LogP contribution in [0.5, 0.6) is 0 Å². The molecule has 4 rings (SSSR count). The zero-order valence-corrected chi connectivity index (χ0v) is 15.5. The van der Waals surface area contributed by atoms with Gasteiger partial charge in [-0.3, -0.25) is 5.01 Å². The number of rotatable bonds is 3. The van der Waals surface area contributed by atoms with Crippen molar-refractivity contribution < 1.29 is 9.53 Å². The molecule has 0 radical (unpaired) electrons. The highest BCUT2D eigenvalue weighted by Crippen LogP contribution is 2.34. The summed E-state index contributed by atoms with van der Waals surface area (Å²) in [5, 5.41) is 1.46. The second-order valence-electron chi connectivity index (χ2n) is 7.00. The summed E-state index contributed by atoms with van der Waals surface area (Å²) < 4.78 is 5.43. The number of nitrogens with two attached hydrogens (primary N) is 2. The third kappa shape index (κ3) is 3.59. The summed E-state index contributed by atoms with van der Waals surface area (Å²) in [6, 6.07) is 11.6. The Morgan fingerprint density at radius 1 is 1.21 bits per heavy atom. The predicted molar refractivity (Wildman–Crippen MR) is 107 cm³/mol. The number of hydrogen-bond acceptors (Lipinski definition) is 6. The largest absolute Gasteiger partial charge is 0.445 e. The Kier molecular flexibility index (Phi) is 5.03. The molecule has 8 nitrogen and oxygen atoms in total. The lowest BCUT2D eigenvalue weighted by Gasteiger charge is -2.33. The molecule has 5 N–H and O–H groups in total. The minimum atomic E-state index is -0.285. The molecule has 0 aliphatic carbocycles. The van der Waals surface area contributed by atoms with Gasteiger partial charge in [0.2, 0.25) is 0 Å². The van der Waals surface area contributed by atoms with E-state index in [9.17, 15) is 4.79 Å². The van der Waals surface area contributed by atoms with Gasteiger partial charge in [-0.1, -0.05) is 30.3 Å². The Bertz CT molecular complexity index is 896. The molecular weight excluding hydrogens is 356 g/mol. The Morgan fingerprint density at radius 3 is 2.71 bits per heavy atom. The molecular formula is C20H24N6O2. The summed E-state index contributed by atoms with van der Waals surface area (Å²) in [5.41, 5.74) is 9.87. The lowest BCUT2D eigenvalue weighted by Crippen LogP contribution is -2.41. The third-order valence-corrected chi connectivity index (χ3v) is 5.22. The van der Waals surface area contributed by atoms with Crippen LogP contribution in [-0.2, 0) is 11.3 Å². The van der Waals surface area contributed by atoms with E-state index in [0.29, 0.717) is 13.1 Å². The van der Waals surface area contributed by atoms with Crippen molar-refractivity contribution in [2.24, 2.45) is 22.5 Å². The molecule has 2 aliphatic heterocycles. The summed E-state index contributed by atoms with van der Waals surface area (Å²) in [6.45, 7) is 1.49. The van der Waals surface area contributed by atoms with Crippen LogP contribution < -0.4 is 11.6 Å². The standard InChI is InChI=1S/C20H24N6O2/c21-17(18-16-6-9-23-19(16)24-13-26(18)22)15-7-10-25(11-8-15)20(27)28-12-14-4-2-1-3-5-14/h1-6,9,13,15,23H,7-8,10-12,21-22H2/b18-17-. The van der Waals surface area contributed by atoms with E-state index in [4.69, 9.17) is 16.3 Å². The first-order chi connectivity index (χ1) is 13.6. The van der Waals surface area contributed by atoms with Gasteiger partial charge in [0, 0.05) is 36.5 Å². The first-order valence-corrected chi connectivity index (χ1v) is 9.34. The van der Waals surface area contributed by atoms with Crippen LogP contribution >= 0.6 is 0 Å². The van der Waals surface area contributed by atoms with E-state index >= 15 is 0 Å². The van der Waals surface area contributed by atoms with Crippen molar-refractivity contribution in [3.05, 3.63) is 59.4 Å². The molecule has 0 saturated carbocycles. The van der Waals surface area contributed by atoms with Gasteiger partial charge in [-0.25, -0.2) is 15.6 Å². The highest BCUT2D eigenvalue weighted by Gasteiger charge is 2.29. The van der Waals surface area contributed by atoms with Crippen molar-refractivity contribution in [3.63, 3.8) is 0 Å². The van der Waals surface area contributed by atoms with Crippen LogP contribution in [0.15, 0.2) is 53.3 Å². The number of piperidine rings is 1. The molecule has 1 fully saturated rings. The minimum absolute atomic E-state index is 0.147. The minimum Gasteiger partial charge on any atom is -0.445 e. The molecule has 0 spiro atoms. The maximum Gasteiger partial charge on any atom is 0.410 e. The van der Waals surface area contributed by atoms with E-state index in [2.05, 4.69) is 9.98 Å². The van der Waals surface area contributed by atoms with Crippen LogP contribution in [0.25, 0.3) is 5.70 Å². The van der Waals surface area contributed by atoms with Gasteiger partial charge in [0.05, 0.1) is 5.70 Å². The Morgan fingerprint density at radius 2 is 1.96 bits per heavy atom. The zero-order valence-electron chi connectivity index (χ0n) is 15.5. The lowest BCUT2D eigenvalue weighted by molar-refractivity contribution is 0.0846. The second kappa shape index (κ2) is 7.77. The topological polar surface area (TPSA) is 113 Å². The van der Waals surface area contributed by atoms with Gasteiger partial charge in [-0.2, -0.15) is 0 Å². The number of aromatic nitrogens is 1. The fraction of sp³-hybridized carbons (Fsp3) is 0.300. The molecule has 2 aliphatic rings. The number of fused-ring (bicyclic) bond motifs is 1. The number of aliphatic imine (C=N–C) groups is 1. The van der Waals surface area contributed by atoms with Gasteiger partial charge in [0.1, 0.15) is 18.8 Å². The molecule has 0 bridgehead atoms. The number of carbonyl (C=O) groups is 1. The lowest BCUT2D eigenvalue weighted by atomic mass is 9.91. The summed E-state index contributed by atoms with van der Waals surface area (Å²) in [4.78, 5) is 21.4. The highest BCUT2D eigenvalue weighted by atomic mass is 16.6. The Labute approximate surface area is 163 Å². The van der Waals surface area contributed by atoms with E-state index < -0.39 is 0 Å². The van der Waals surface area contributed by atoms with Crippen LogP contribution in [0.1, 0.15) is 24.0 Å². The van der Waals surface area contributed by atoms with Crippen molar-refractivity contribution in [2.45, 2.75) is 19.4 Å². The smallest absolute Gasteiger partial charge is 0.410 e. The molecule has 0 unspecified atom stereocenters. The predicted octanol–water partition coefficient (Wildman–Crippen LogP) is 2.54. The number of aromatic amines is 1. The van der Waals surface area contributed by atoms with E-state index in [1.54, 1.807) is 11.2 Å². The SMILES string of the molecule is N/C(=C1/c2cc[nH]c2N=CN1N)C1CCN(C(=O)OCc2ccccc2)CC1. The maximum absolute atomic E-state index is 12.3. The first-order valence-electron chi connectivity index (χ1n) is 9.34. The van der Waals surface area contributed by atoms with Crippen LogP contribution in [0.4, 0.5) is 10.6 Å². The van der Waals surface area contributed by atoms with Crippen molar-refractivity contribution >= 4 is 23.9 Å². The highest BCUT2D eigenvalue weighted by molar-refractivity contribution is 5.86. The van der Waals surface area contributed by atoms with Gasteiger partial charge in [-0.15, -0.1) is 0 Å². The van der Waals surface area contributed by atoms with Gasteiger partial charge < -0.3 is 20.4 Å². The molecule has 8 heteroatoms. The van der Waals surface area contributed by atoms with Gasteiger partial charge >= 0.3 is 6.09 Å². The maximum atomic E-state index is 12.3. The number of carbonyl (C=O) groups excluding carboxylic acids is 1. The molecule has 28 heavy (non-hydrogen) atoms. The number of amides is 1. The molecule has 146 valence electrons. The molecule has 1 amide bonds. The molecule has 2 aromatic rings. The monoisotopic (exact) mass is 380 g/mol. The van der Waals surface area contributed by atoms with Crippen molar-refractivity contribution in [3.8, 4) is 0 Å². The summed E-state index contributed by atoms with van der Waals surface area (Å²) in [6.07, 6.45) is 4.62. The van der Waals surface area contributed by atoms with Crippen LogP contribution in [-0.4, -0.2) is 40.4 Å². The summed E-state index contributed by atoms with van der Waals surface area (Å²) in [7, 11) is 0. The van der Waals surface area contributed by atoms with E-state index in [1.165, 1.54) is 5.01 Å². The van der Waals surface area contributed by atoms with Gasteiger partial charge in [0.25, 0.3) is 0 Å². The number of hydrogen-bond donors (Lipinski definition) is 3. The van der Waals surface area contributed by atoms with Crippen LogP contribution in [0.2, 0.25) is 0 Å². The number of nitrogens with zero attached hydrogens (tertiary/aromatic N) is 3. The quantitative estimate of drug-likeness (QED) is 0.708. The number of benzene rings is 1. The Hall–Kier alpha value is -3.26. The molecule has 1 aromatic heterocycles. The van der Waals surface area contributed by atoms with Gasteiger partial charge in [0.15, 0.2) is 0 Å². The van der Waals surface area contributed by atoms with E-state index in [0.717, 1.165) is 41.2 Å². The summed E-state index contributed by atoms with van der Waals surface area (Å²) >= 11 is 0. The number of allylic oxidation sites excluding steroid dienone is 1. The Balaban J connectivity index is 1.37. The van der Waals surface area contributed by atoms with Crippen molar-refractivity contribution in [2.75, 3.05) is 13.1 Å². The fourth-order valence-corrected chi connectivity index (χ4v) is 3.66. The molecule has 0 atom stereocenters. The second-order valence-corrected chi connectivity index (χ2v) is 7.00. The van der Waals surface area contributed by atoms with Gasteiger partial charge in [-0.05, 0) is 24.5 Å². The van der Waals surface area contributed by atoms with E-state index in [1.807, 2.05) is 42.6 Å². The fourth-order valence-electron chi connectivity index (χ4n) is 3.66. The average Bonchev–Trinajstić information content (AvgIpc) is 3.21. The number of nitrogens with one attached hydrogen (secondary N) is 1. The summed E-state index contributed by atoms with van der Waals surface area (Å²) in [5.74, 6) is 6.98. The van der Waals surface area contributed by atoms with Crippen molar-refractivity contribution in [1.29, 1.82) is 0 Å². The first kappa shape index (κ1) is 18.1. The van der Waals surface area contributed by atoms with E-state index in [-0.39, 0.29) is 18.6 Å². The van der Waals surface area contributed by atoms with Crippen molar-refractivity contribution in [1.82, 2.24) is 14.9 Å². The number of hydrazine groups is 1. The van der Waals surface area contributed by atoms with Crippen LogP contribution in [0.3, 0.4) is 0 Å². The molecule has 1 aromatic carbocycles. The normalized spacial score (nSPS) is 18.8. The molecule has 1 saturated heterocycles. The molecule has 3 heterocycles. The third-order valence-electron chi connectivity index (χ3n) is 5.22. The number of likely N-dealkylation sites (tertiary alicyclic amines) is 1.